The van der Waals surface area contributed by atoms with Gasteiger partial charge >= 0.3 is 12.1 Å². The zero-order valence-corrected chi connectivity index (χ0v) is 26.2. The fourth-order valence-electron chi connectivity index (χ4n) is 5.59. The van der Waals surface area contributed by atoms with E-state index in [-0.39, 0.29) is 18.8 Å². The van der Waals surface area contributed by atoms with Crippen molar-refractivity contribution < 1.29 is 31.5 Å². The minimum Gasteiger partial charge on any atom is -0.341 e. The quantitative estimate of drug-likeness (QED) is 0.125. The number of halogens is 7. The Labute approximate surface area is 269 Å². The van der Waals surface area contributed by atoms with Crippen LogP contribution >= 0.6 is 23.2 Å². The molecular weight excluding hydrogens is 636 g/mol. The van der Waals surface area contributed by atoms with Crippen LogP contribution in [0.2, 0.25) is 10.0 Å². The third-order valence-electron chi connectivity index (χ3n) is 7.89. The minimum atomic E-state index is -4.94. The summed E-state index contributed by atoms with van der Waals surface area (Å²) in [5.74, 6) is -12.5. The summed E-state index contributed by atoms with van der Waals surface area (Å²) >= 11 is 12.5. The van der Waals surface area contributed by atoms with E-state index < -0.39 is 60.2 Å². The Morgan fingerprint density at radius 3 is 1.93 bits per heavy atom. The third kappa shape index (κ3) is 9.72. The highest BCUT2D eigenvalue weighted by Gasteiger charge is 2.53. The van der Waals surface area contributed by atoms with Crippen molar-refractivity contribution in [2.75, 3.05) is 6.54 Å². The van der Waals surface area contributed by atoms with Crippen molar-refractivity contribution in [1.82, 2.24) is 5.32 Å². The van der Waals surface area contributed by atoms with Gasteiger partial charge in [0.25, 0.3) is 5.91 Å². The average molecular weight is 673 g/mol. The molecule has 0 spiro atoms. The summed E-state index contributed by atoms with van der Waals surface area (Å²) in [4.78, 5) is 25.4. The molecule has 3 aromatic rings. The fourth-order valence-corrected chi connectivity index (χ4v) is 5.89. The molecule has 5 atom stereocenters. The largest absolute Gasteiger partial charge is 0.405 e. The van der Waals surface area contributed by atoms with E-state index in [2.05, 4.69) is 0 Å². The second kappa shape index (κ2) is 15.5. The number of carbonyl (C=O) groups excluding carboxylic acids is 2. The van der Waals surface area contributed by atoms with E-state index in [1.807, 2.05) is 48.5 Å². The molecule has 3 aromatic carbocycles. The molecule has 0 saturated heterocycles. The SMILES string of the molecule is CC(C)[C@H](C(=O)C(F)(F)C(=O)NCC(F)(F)F)C(N)[C@@H](Cc1ccccc1)C(N)CC(c1ccccc1)c1ccc(Cl)c(Cl)c1. The van der Waals surface area contributed by atoms with E-state index in [0.29, 0.717) is 10.0 Å². The van der Waals surface area contributed by atoms with Gasteiger partial charge in [0.05, 0.1) is 10.0 Å². The van der Waals surface area contributed by atoms with Gasteiger partial charge in [-0.25, -0.2) is 0 Å². The van der Waals surface area contributed by atoms with Gasteiger partial charge in [-0.2, -0.15) is 22.0 Å². The van der Waals surface area contributed by atoms with Crippen LogP contribution in [-0.2, 0) is 16.0 Å². The summed E-state index contributed by atoms with van der Waals surface area (Å²) in [6.07, 6.45) is -4.48. The minimum absolute atomic E-state index is 0.203. The lowest BCUT2D eigenvalue weighted by Crippen LogP contribution is -2.57. The lowest BCUT2D eigenvalue weighted by atomic mass is 9.71. The summed E-state index contributed by atoms with van der Waals surface area (Å²) in [7, 11) is 0. The number of carbonyl (C=O) groups is 2. The number of Topliss-reactive ketones (excluding diaryl/α,β-unsaturated/α-hetero) is 1. The Bertz CT molecular complexity index is 1420. The van der Waals surface area contributed by atoms with Gasteiger partial charge < -0.3 is 16.8 Å². The highest BCUT2D eigenvalue weighted by molar-refractivity contribution is 6.42. The van der Waals surface area contributed by atoms with Gasteiger partial charge in [-0.1, -0.05) is 104 Å². The van der Waals surface area contributed by atoms with Crippen molar-refractivity contribution in [3.63, 3.8) is 0 Å². The van der Waals surface area contributed by atoms with Crippen molar-refractivity contribution in [2.45, 2.75) is 56.8 Å². The summed E-state index contributed by atoms with van der Waals surface area (Å²) in [5, 5.41) is 1.81. The maximum atomic E-state index is 15.1. The molecule has 3 unspecified atom stereocenters. The van der Waals surface area contributed by atoms with Gasteiger partial charge in [0, 0.05) is 23.9 Å². The molecule has 5 N–H and O–H groups in total. The number of alkyl halides is 5. The maximum Gasteiger partial charge on any atom is 0.405 e. The molecule has 1 amide bonds. The molecule has 0 aliphatic carbocycles. The number of nitrogens with two attached hydrogens (primary N) is 2. The predicted molar refractivity (Wildman–Crippen MR) is 166 cm³/mol. The molecular formula is C33H36Cl2F5N3O2. The Morgan fingerprint density at radius 2 is 1.40 bits per heavy atom. The van der Waals surface area contributed by atoms with Gasteiger partial charge in [-0.15, -0.1) is 0 Å². The Hall–Kier alpha value is -3.05. The van der Waals surface area contributed by atoms with E-state index in [4.69, 9.17) is 34.7 Å². The molecule has 0 aromatic heterocycles. The van der Waals surface area contributed by atoms with Crippen molar-refractivity contribution in [2.24, 2.45) is 29.2 Å². The second-order valence-electron chi connectivity index (χ2n) is 11.5. The van der Waals surface area contributed by atoms with Crippen LogP contribution < -0.4 is 16.8 Å². The van der Waals surface area contributed by atoms with Gasteiger partial charge in [0.1, 0.15) is 6.54 Å². The monoisotopic (exact) mass is 671 g/mol. The Balaban J connectivity index is 2.01. The van der Waals surface area contributed by atoms with Crippen LogP contribution in [0.3, 0.4) is 0 Å². The Kier molecular flexibility index (Phi) is 12.5. The number of ketones is 1. The number of amides is 1. The molecule has 12 heteroatoms. The molecule has 0 fully saturated rings. The smallest absolute Gasteiger partial charge is 0.341 e. The van der Waals surface area contributed by atoms with Crippen molar-refractivity contribution in [1.29, 1.82) is 0 Å². The molecule has 0 aliphatic heterocycles. The normalized spacial score (nSPS) is 15.6. The number of nitrogens with one attached hydrogen (secondary N) is 1. The standard InChI is InChI=1S/C33H36Cl2F5N3O2/c1-19(2)28(30(44)33(39,40)31(45)43-18-32(36,37)38)29(42)24(15-20-9-5-3-6-10-20)27(41)17-23(21-11-7-4-8-12-21)22-13-14-25(34)26(35)16-22/h3-14,16,19,23-24,27-29H,15,17-18,41-42H2,1-2H3,(H,43,45)/t23?,24-,27?,28-,29?/m0/s1. The molecule has 0 aliphatic rings. The van der Waals surface area contributed by atoms with E-state index in [0.717, 1.165) is 22.0 Å². The van der Waals surface area contributed by atoms with Gasteiger partial charge in [-0.3, -0.25) is 9.59 Å². The van der Waals surface area contributed by atoms with Crippen LogP contribution in [0.25, 0.3) is 0 Å². The van der Waals surface area contributed by atoms with Gasteiger partial charge in [0.2, 0.25) is 5.78 Å². The molecule has 3 rings (SSSR count). The zero-order valence-electron chi connectivity index (χ0n) is 24.7. The van der Waals surface area contributed by atoms with Crippen LogP contribution in [0.1, 0.15) is 42.9 Å². The number of rotatable bonds is 14. The lowest BCUT2D eigenvalue weighted by Gasteiger charge is -2.38. The summed E-state index contributed by atoms with van der Waals surface area (Å²) < 4.78 is 68.1. The van der Waals surface area contributed by atoms with Crippen molar-refractivity contribution in [3.05, 3.63) is 106 Å². The van der Waals surface area contributed by atoms with Crippen LogP contribution in [0, 0.1) is 17.8 Å². The summed E-state index contributed by atoms with van der Waals surface area (Å²) in [6.45, 7) is 0.962. The molecule has 0 bridgehead atoms. The predicted octanol–water partition coefficient (Wildman–Crippen LogP) is 7.18. The van der Waals surface area contributed by atoms with E-state index in [9.17, 15) is 22.8 Å². The zero-order chi connectivity index (χ0) is 33.5. The topological polar surface area (TPSA) is 98.2 Å². The van der Waals surface area contributed by atoms with Crippen LogP contribution in [0.4, 0.5) is 22.0 Å². The maximum absolute atomic E-state index is 15.1. The average Bonchev–Trinajstić information content (AvgIpc) is 2.99. The first kappa shape index (κ1) is 36.4. The number of hydrogen-bond acceptors (Lipinski definition) is 4. The fraction of sp³-hybridized carbons (Fsp3) is 0.394. The van der Waals surface area contributed by atoms with Crippen LogP contribution in [0.5, 0.6) is 0 Å². The summed E-state index contributed by atoms with van der Waals surface area (Å²) in [5.41, 5.74) is 16.0. The Morgan fingerprint density at radius 1 is 0.822 bits per heavy atom. The van der Waals surface area contributed by atoms with Crippen LogP contribution in [-0.4, -0.2) is 42.4 Å². The third-order valence-corrected chi connectivity index (χ3v) is 8.63. The van der Waals surface area contributed by atoms with E-state index >= 15 is 8.78 Å². The molecule has 244 valence electrons. The lowest BCUT2D eigenvalue weighted by molar-refractivity contribution is -0.167. The molecule has 0 radical (unpaired) electrons. The van der Waals surface area contributed by atoms with Crippen molar-refractivity contribution >= 4 is 34.9 Å². The molecule has 5 nitrogen and oxygen atoms in total. The highest BCUT2D eigenvalue weighted by Crippen LogP contribution is 2.37. The highest BCUT2D eigenvalue weighted by atomic mass is 35.5. The van der Waals surface area contributed by atoms with Crippen LogP contribution in [0.15, 0.2) is 78.9 Å². The first-order chi connectivity index (χ1) is 21.0. The first-order valence-corrected chi connectivity index (χ1v) is 15.1. The van der Waals surface area contributed by atoms with E-state index in [1.165, 1.54) is 13.8 Å². The number of benzene rings is 3. The van der Waals surface area contributed by atoms with Crippen molar-refractivity contribution in [3.8, 4) is 0 Å². The van der Waals surface area contributed by atoms with Gasteiger partial charge in [-0.05, 0) is 53.5 Å². The molecule has 0 saturated carbocycles. The summed E-state index contributed by atoms with van der Waals surface area (Å²) in [6, 6.07) is 21.5. The molecule has 0 heterocycles. The first-order valence-electron chi connectivity index (χ1n) is 14.3. The second-order valence-corrected chi connectivity index (χ2v) is 12.3. The van der Waals surface area contributed by atoms with Gasteiger partial charge in [0.15, 0.2) is 0 Å². The number of hydrogen-bond donors (Lipinski definition) is 3. The molecule has 45 heavy (non-hydrogen) atoms. The van der Waals surface area contributed by atoms with E-state index in [1.54, 1.807) is 30.3 Å².